The number of para-hydroxylation sites is 1. The maximum atomic E-state index is 10.0. The van der Waals surface area contributed by atoms with E-state index in [1.54, 1.807) is 18.5 Å². The average Bonchev–Trinajstić information content (AvgIpc) is 2.78. The quantitative estimate of drug-likeness (QED) is 0.517. The molecule has 0 amide bonds. The largest absolute Gasteiger partial charge is 0.493 e. The van der Waals surface area contributed by atoms with E-state index < -0.39 is 6.29 Å². The van der Waals surface area contributed by atoms with E-state index in [0.29, 0.717) is 18.1 Å². The van der Waals surface area contributed by atoms with Gasteiger partial charge in [-0.1, -0.05) is 24.3 Å². The van der Waals surface area contributed by atoms with Crippen LogP contribution in [0.25, 0.3) is 0 Å². The second-order valence-corrected chi connectivity index (χ2v) is 7.01. The van der Waals surface area contributed by atoms with E-state index in [2.05, 4.69) is 33.8 Å². The van der Waals surface area contributed by atoms with Gasteiger partial charge < -0.3 is 25.2 Å². The van der Waals surface area contributed by atoms with Crippen LogP contribution in [-0.4, -0.2) is 30.4 Å². The molecule has 0 saturated carbocycles. The number of methoxy groups -OCH3 is 1. The van der Waals surface area contributed by atoms with Crippen LogP contribution in [0.5, 0.6) is 5.75 Å². The van der Waals surface area contributed by atoms with E-state index in [4.69, 9.17) is 9.47 Å². The van der Waals surface area contributed by atoms with Crippen molar-refractivity contribution >= 4 is 17.1 Å². The molecule has 2 aromatic carbocycles. The number of benzene rings is 2. The van der Waals surface area contributed by atoms with Crippen molar-refractivity contribution in [3.63, 3.8) is 0 Å². The highest BCUT2D eigenvalue weighted by atomic mass is 16.6. The molecule has 2 unspecified atom stereocenters. The molecule has 29 heavy (non-hydrogen) atoms. The smallest absolute Gasteiger partial charge is 0.182 e. The lowest BCUT2D eigenvalue weighted by Gasteiger charge is -2.27. The summed E-state index contributed by atoms with van der Waals surface area (Å²) in [6.07, 6.45) is 3.31. The summed E-state index contributed by atoms with van der Waals surface area (Å²) >= 11 is 0. The Labute approximate surface area is 170 Å². The third-order valence-corrected chi connectivity index (χ3v) is 5.12. The number of hydrogen-bond donors (Lipinski definition) is 3. The van der Waals surface area contributed by atoms with Crippen LogP contribution in [-0.2, 0) is 4.74 Å². The van der Waals surface area contributed by atoms with Gasteiger partial charge in [-0.2, -0.15) is 0 Å². The molecule has 0 spiro atoms. The minimum Gasteiger partial charge on any atom is -0.493 e. The first kappa shape index (κ1) is 19.2. The minimum atomic E-state index is -0.978. The van der Waals surface area contributed by atoms with Crippen LogP contribution in [0.1, 0.15) is 29.8 Å². The van der Waals surface area contributed by atoms with Gasteiger partial charge in [0.05, 0.1) is 18.5 Å². The van der Waals surface area contributed by atoms with Crippen molar-refractivity contribution in [3.8, 4) is 5.75 Å². The lowest BCUT2D eigenvalue weighted by Crippen LogP contribution is -2.21. The molecule has 4 rings (SSSR count). The predicted octanol–water partition coefficient (Wildman–Crippen LogP) is 4.44. The second kappa shape index (κ2) is 8.94. The first-order chi connectivity index (χ1) is 14.2. The summed E-state index contributed by atoms with van der Waals surface area (Å²) in [6, 6.07) is 18.1. The van der Waals surface area contributed by atoms with Crippen molar-refractivity contribution in [3.05, 3.63) is 78.1 Å². The zero-order valence-corrected chi connectivity index (χ0v) is 16.3. The number of aliphatic hydroxyl groups excluding tert-OH is 1. The van der Waals surface area contributed by atoms with Gasteiger partial charge >= 0.3 is 0 Å². The number of pyridine rings is 1. The van der Waals surface area contributed by atoms with E-state index in [0.717, 1.165) is 35.8 Å². The number of nitrogens with zero attached hydrogens (tertiary/aromatic N) is 1. The highest BCUT2D eigenvalue weighted by Gasteiger charge is 2.22. The molecule has 0 saturated heterocycles. The third-order valence-electron chi connectivity index (χ3n) is 5.12. The van der Waals surface area contributed by atoms with E-state index in [-0.39, 0.29) is 0 Å². The van der Waals surface area contributed by atoms with Gasteiger partial charge in [-0.15, -0.1) is 0 Å². The van der Waals surface area contributed by atoms with Crippen molar-refractivity contribution in [2.75, 3.05) is 30.9 Å². The molecule has 0 fully saturated rings. The Hall–Kier alpha value is -3.09. The van der Waals surface area contributed by atoms with Crippen LogP contribution in [0.2, 0.25) is 0 Å². The lowest BCUT2D eigenvalue weighted by molar-refractivity contribution is -0.0764. The summed E-state index contributed by atoms with van der Waals surface area (Å²) in [4.78, 5) is 4.16. The summed E-state index contributed by atoms with van der Waals surface area (Å²) < 4.78 is 11.0. The molecule has 1 aliphatic rings. The normalized spacial score (nSPS) is 16.4. The van der Waals surface area contributed by atoms with Crippen molar-refractivity contribution in [1.82, 2.24) is 4.98 Å². The highest BCUT2D eigenvalue weighted by molar-refractivity contribution is 5.63. The highest BCUT2D eigenvalue weighted by Crippen LogP contribution is 2.36. The van der Waals surface area contributed by atoms with Gasteiger partial charge in [0.15, 0.2) is 6.29 Å². The first-order valence-corrected chi connectivity index (χ1v) is 9.72. The summed E-state index contributed by atoms with van der Waals surface area (Å²) in [7, 11) is 1.48. The van der Waals surface area contributed by atoms with Gasteiger partial charge in [-0.25, -0.2) is 0 Å². The van der Waals surface area contributed by atoms with Crippen LogP contribution in [0.3, 0.4) is 0 Å². The molecular formula is C23H25N3O3. The number of rotatable bonds is 7. The SMILES string of the molecule is COC(O)c1ccncc1NCC1CCOc2cc(Nc3ccccc3)ccc21. The zero-order chi connectivity index (χ0) is 20.1. The molecular weight excluding hydrogens is 366 g/mol. The van der Waals surface area contributed by atoms with E-state index >= 15 is 0 Å². The Morgan fingerprint density at radius 2 is 2.03 bits per heavy atom. The molecule has 1 aromatic heterocycles. The van der Waals surface area contributed by atoms with Gasteiger partial charge in [-0.3, -0.25) is 4.98 Å². The molecule has 0 aliphatic carbocycles. The number of nitrogens with one attached hydrogen (secondary N) is 2. The van der Waals surface area contributed by atoms with Crippen molar-refractivity contribution in [2.45, 2.75) is 18.6 Å². The molecule has 3 aromatic rings. The van der Waals surface area contributed by atoms with Crippen LogP contribution < -0.4 is 15.4 Å². The molecule has 3 N–H and O–H groups in total. The molecule has 0 bridgehead atoms. The number of fused-ring (bicyclic) bond motifs is 1. The number of aromatic nitrogens is 1. The van der Waals surface area contributed by atoms with Crippen LogP contribution in [0.15, 0.2) is 67.0 Å². The molecule has 6 heteroatoms. The second-order valence-electron chi connectivity index (χ2n) is 7.01. The fourth-order valence-corrected chi connectivity index (χ4v) is 3.57. The van der Waals surface area contributed by atoms with Crippen LogP contribution >= 0.6 is 0 Å². The van der Waals surface area contributed by atoms with Crippen molar-refractivity contribution < 1.29 is 14.6 Å². The molecule has 0 radical (unpaired) electrons. The average molecular weight is 391 g/mol. The van der Waals surface area contributed by atoms with Gasteiger partial charge in [-0.05, 0) is 36.2 Å². The Morgan fingerprint density at radius 1 is 1.17 bits per heavy atom. The monoisotopic (exact) mass is 391 g/mol. The van der Waals surface area contributed by atoms with Gasteiger partial charge in [0.25, 0.3) is 0 Å². The van der Waals surface area contributed by atoms with Crippen LogP contribution in [0.4, 0.5) is 17.1 Å². The van der Waals surface area contributed by atoms with E-state index in [1.165, 1.54) is 12.7 Å². The Kier molecular flexibility index (Phi) is 5.93. The van der Waals surface area contributed by atoms with Gasteiger partial charge in [0, 0.05) is 48.8 Å². The fraction of sp³-hybridized carbons (Fsp3) is 0.261. The van der Waals surface area contributed by atoms with Crippen LogP contribution in [0, 0.1) is 0 Å². The number of hydrogen-bond acceptors (Lipinski definition) is 6. The van der Waals surface area contributed by atoms with E-state index in [9.17, 15) is 5.11 Å². The third kappa shape index (κ3) is 4.50. The maximum Gasteiger partial charge on any atom is 0.182 e. The molecule has 1 aliphatic heterocycles. The zero-order valence-electron chi connectivity index (χ0n) is 16.3. The minimum absolute atomic E-state index is 0.303. The number of ether oxygens (including phenoxy) is 2. The topological polar surface area (TPSA) is 75.6 Å². The molecule has 2 heterocycles. The summed E-state index contributed by atoms with van der Waals surface area (Å²) in [5, 5.41) is 16.9. The van der Waals surface area contributed by atoms with Gasteiger partial charge in [0.2, 0.25) is 0 Å². The van der Waals surface area contributed by atoms with Crippen molar-refractivity contribution in [2.24, 2.45) is 0 Å². The summed E-state index contributed by atoms with van der Waals surface area (Å²) in [6.45, 7) is 1.39. The van der Waals surface area contributed by atoms with Gasteiger partial charge in [0.1, 0.15) is 5.75 Å². The molecule has 150 valence electrons. The molecule has 2 atom stereocenters. The van der Waals surface area contributed by atoms with E-state index in [1.807, 2.05) is 30.3 Å². The Morgan fingerprint density at radius 3 is 2.86 bits per heavy atom. The molecule has 6 nitrogen and oxygen atoms in total. The lowest BCUT2D eigenvalue weighted by atomic mass is 9.92. The first-order valence-electron chi connectivity index (χ1n) is 9.72. The maximum absolute atomic E-state index is 10.0. The Balaban J connectivity index is 1.48. The Bertz CT molecular complexity index is 949. The summed E-state index contributed by atoms with van der Waals surface area (Å²) in [5.74, 6) is 1.21. The number of aliphatic hydroxyl groups is 1. The fourth-order valence-electron chi connectivity index (χ4n) is 3.57. The number of anilines is 3. The van der Waals surface area contributed by atoms with Crippen molar-refractivity contribution in [1.29, 1.82) is 0 Å². The standard InChI is InChI=1S/C23H25N3O3/c1-28-23(27)20-9-11-24-15-21(20)25-14-16-10-12-29-22-13-18(7-8-19(16)22)26-17-5-3-2-4-6-17/h2-9,11,13,15-16,23,25-27H,10,12,14H2,1H3. The predicted molar refractivity (Wildman–Crippen MR) is 114 cm³/mol. The summed E-state index contributed by atoms with van der Waals surface area (Å²) in [5.41, 5.74) is 4.68.